The van der Waals surface area contributed by atoms with Gasteiger partial charge < -0.3 is 15.3 Å². The highest BCUT2D eigenvalue weighted by Gasteiger charge is 2.12. The number of benzene rings is 3. The second-order valence-corrected chi connectivity index (χ2v) is 6.88. The molecule has 6 nitrogen and oxygen atoms in total. The number of amides is 1. The van der Waals surface area contributed by atoms with Crippen molar-refractivity contribution in [2.24, 2.45) is 0 Å². The van der Waals surface area contributed by atoms with Crippen molar-refractivity contribution >= 4 is 28.7 Å². The molecule has 0 fully saturated rings. The third kappa shape index (κ3) is 3.89. The molecule has 30 heavy (non-hydrogen) atoms. The number of carbonyl (C=O) groups excluding carboxylic acids is 1. The first kappa shape index (κ1) is 19.3. The first-order valence-electron chi connectivity index (χ1n) is 9.46. The number of methoxy groups -OCH3 is 1. The van der Waals surface area contributed by atoms with E-state index in [1.54, 1.807) is 37.5 Å². The summed E-state index contributed by atoms with van der Waals surface area (Å²) < 4.78 is 6.37. The van der Waals surface area contributed by atoms with E-state index in [0.717, 1.165) is 26.9 Å². The number of hydrogen-bond donors (Lipinski definition) is 2. The molecule has 0 saturated carbocycles. The molecule has 0 aliphatic rings. The van der Waals surface area contributed by atoms with E-state index in [2.05, 4.69) is 10.3 Å². The highest BCUT2D eigenvalue weighted by atomic mass is 16.5. The lowest BCUT2D eigenvalue weighted by Crippen LogP contribution is -2.07. The summed E-state index contributed by atoms with van der Waals surface area (Å²) in [6, 6.07) is 20.3. The molecule has 0 radical (unpaired) electrons. The molecule has 0 aliphatic carbocycles. The number of anilines is 1. The third-order valence-corrected chi connectivity index (χ3v) is 4.75. The Balaban J connectivity index is 1.49. The van der Waals surface area contributed by atoms with E-state index in [4.69, 9.17) is 4.74 Å². The second-order valence-electron chi connectivity index (χ2n) is 6.88. The van der Waals surface area contributed by atoms with E-state index >= 15 is 0 Å². The lowest BCUT2D eigenvalue weighted by molar-refractivity contribution is -0.111. The summed E-state index contributed by atoms with van der Waals surface area (Å²) in [5.41, 5.74) is 4.63. The van der Waals surface area contributed by atoms with Gasteiger partial charge in [0, 0.05) is 22.9 Å². The summed E-state index contributed by atoms with van der Waals surface area (Å²) in [5, 5.41) is 13.3. The van der Waals surface area contributed by atoms with Crippen LogP contribution in [0.15, 0.2) is 72.8 Å². The Morgan fingerprint density at radius 2 is 1.87 bits per heavy atom. The van der Waals surface area contributed by atoms with E-state index in [1.165, 1.54) is 6.08 Å². The van der Waals surface area contributed by atoms with Crippen LogP contribution in [0.4, 0.5) is 5.69 Å². The lowest BCUT2D eigenvalue weighted by Gasteiger charge is -2.05. The Morgan fingerprint density at radius 3 is 2.63 bits per heavy atom. The van der Waals surface area contributed by atoms with Crippen LogP contribution in [0.25, 0.3) is 28.5 Å². The van der Waals surface area contributed by atoms with Crippen LogP contribution in [0, 0.1) is 6.92 Å². The quantitative estimate of drug-likeness (QED) is 0.369. The highest BCUT2D eigenvalue weighted by Crippen LogP contribution is 2.25. The van der Waals surface area contributed by atoms with Gasteiger partial charge >= 0.3 is 0 Å². The number of imidazole rings is 1. The van der Waals surface area contributed by atoms with Gasteiger partial charge in [0.05, 0.1) is 12.6 Å². The van der Waals surface area contributed by atoms with Gasteiger partial charge in [0.25, 0.3) is 0 Å². The molecular weight excluding hydrogens is 378 g/mol. The van der Waals surface area contributed by atoms with Gasteiger partial charge in [-0.05, 0) is 61.0 Å². The molecule has 0 atom stereocenters. The Hall–Kier alpha value is -4.06. The van der Waals surface area contributed by atoms with Crippen LogP contribution in [0.1, 0.15) is 11.1 Å². The van der Waals surface area contributed by atoms with Crippen molar-refractivity contribution in [1.29, 1.82) is 0 Å². The van der Waals surface area contributed by atoms with E-state index in [9.17, 15) is 10.0 Å². The number of rotatable bonds is 5. The molecule has 150 valence electrons. The zero-order valence-corrected chi connectivity index (χ0v) is 16.7. The maximum absolute atomic E-state index is 12.2. The van der Waals surface area contributed by atoms with Gasteiger partial charge in [-0.15, -0.1) is 0 Å². The minimum Gasteiger partial charge on any atom is -0.496 e. The number of aryl methyl sites for hydroxylation is 1. The number of nitrogens with one attached hydrogen (secondary N) is 1. The summed E-state index contributed by atoms with van der Waals surface area (Å²) in [5.74, 6) is 0.899. The number of para-hydroxylation sites is 1. The Labute approximate surface area is 174 Å². The molecule has 1 aromatic heterocycles. The molecule has 0 aliphatic heterocycles. The number of fused-ring (bicyclic) bond motifs is 1. The SMILES string of the molecule is COc1ccccc1/C=C\C(=O)Nc1ccc(-c2nc3ccc(C)cc3n2O)cc1. The van der Waals surface area contributed by atoms with Crippen molar-refractivity contribution in [3.63, 3.8) is 0 Å². The average molecular weight is 399 g/mol. The minimum absolute atomic E-state index is 0.251. The molecule has 0 bridgehead atoms. The molecule has 4 rings (SSSR count). The van der Waals surface area contributed by atoms with Crippen molar-refractivity contribution in [2.45, 2.75) is 6.92 Å². The summed E-state index contributed by atoms with van der Waals surface area (Å²) in [6.07, 6.45) is 3.17. The largest absolute Gasteiger partial charge is 0.496 e. The highest BCUT2D eigenvalue weighted by molar-refractivity contribution is 6.02. The van der Waals surface area contributed by atoms with Crippen LogP contribution < -0.4 is 10.1 Å². The van der Waals surface area contributed by atoms with Gasteiger partial charge in [-0.25, -0.2) is 4.98 Å². The zero-order chi connectivity index (χ0) is 21.1. The zero-order valence-electron chi connectivity index (χ0n) is 16.7. The minimum atomic E-state index is -0.251. The Bertz CT molecular complexity index is 1240. The molecule has 3 aromatic carbocycles. The number of hydrogen-bond acceptors (Lipinski definition) is 4. The first-order valence-corrected chi connectivity index (χ1v) is 9.46. The Morgan fingerprint density at radius 1 is 1.10 bits per heavy atom. The van der Waals surface area contributed by atoms with Crippen molar-refractivity contribution < 1.29 is 14.7 Å². The fourth-order valence-corrected chi connectivity index (χ4v) is 3.22. The molecule has 0 spiro atoms. The predicted octanol–water partition coefficient (Wildman–Crippen LogP) is 4.91. The number of carbonyl (C=O) groups is 1. The van der Waals surface area contributed by atoms with Gasteiger partial charge in [0.2, 0.25) is 5.91 Å². The summed E-state index contributed by atoms with van der Waals surface area (Å²) >= 11 is 0. The topological polar surface area (TPSA) is 76.4 Å². The van der Waals surface area contributed by atoms with Crippen LogP contribution in [0.2, 0.25) is 0 Å². The van der Waals surface area contributed by atoms with Crippen LogP contribution in [0.5, 0.6) is 5.75 Å². The van der Waals surface area contributed by atoms with Crippen LogP contribution in [-0.2, 0) is 4.79 Å². The predicted molar refractivity (Wildman–Crippen MR) is 118 cm³/mol. The fourth-order valence-electron chi connectivity index (χ4n) is 3.22. The molecular formula is C24H21N3O3. The molecule has 0 saturated heterocycles. The van der Waals surface area contributed by atoms with Gasteiger partial charge in [0.1, 0.15) is 11.3 Å². The van der Waals surface area contributed by atoms with E-state index < -0.39 is 0 Å². The van der Waals surface area contributed by atoms with E-state index in [1.807, 2.05) is 49.4 Å². The number of ether oxygens (including phenoxy) is 1. The van der Waals surface area contributed by atoms with E-state index in [0.29, 0.717) is 22.8 Å². The number of nitrogens with zero attached hydrogens (tertiary/aromatic N) is 2. The molecule has 1 amide bonds. The lowest BCUT2D eigenvalue weighted by atomic mass is 10.2. The molecule has 4 aromatic rings. The normalized spacial score (nSPS) is 11.1. The maximum Gasteiger partial charge on any atom is 0.248 e. The van der Waals surface area contributed by atoms with Crippen LogP contribution in [0.3, 0.4) is 0 Å². The monoisotopic (exact) mass is 399 g/mol. The second kappa shape index (κ2) is 8.13. The Kier molecular flexibility index (Phi) is 5.22. The average Bonchev–Trinajstić information content (AvgIpc) is 3.09. The van der Waals surface area contributed by atoms with E-state index in [-0.39, 0.29) is 5.91 Å². The van der Waals surface area contributed by atoms with Crippen molar-refractivity contribution in [3.8, 4) is 17.1 Å². The van der Waals surface area contributed by atoms with Crippen molar-refractivity contribution in [2.75, 3.05) is 12.4 Å². The first-order chi connectivity index (χ1) is 14.5. The van der Waals surface area contributed by atoms with Crippen molar-refractivity contribution in [3.05, 3.63) is 83.9 Å². The molecule has 0 unspecified atom stereocenters. The van der Waals surface area contributed by atoms with Gasteiger partial charge in [0.15, 0.2) is 5.82 Å². The van der Waals surface area contributed by atoms with Gasteiger partial charge in [-0.3, -0.25) is 4.79 Å². The number of aromatic nitrogens is 2. The van der Waals surface area contributed by atoms with Crippen LogP contribution >= 0.6 is 0 Å². The van der Waals surface area contributed by atoms with Crippen LogP contribution in [-0.4, -0.2) is 27.9 Å². The molecule has 2 N–H and O–H groups in total. The molecule has 6 heteroatoms. The van der Waals surface area contributed by atoms with Gasteiger partial charge in [-0.1, -0.05) is 24.3 Å². The summed E-state index contributed by atoms with van der Waals surface area (Å²) in [6.45, 7) is 1.96. The maximum atomic E-state index is 12.2. The standard InChI is InChI=1S/C24H21N3O3/c1-16-7-13-20-21(15-16)27(29)24(26-20)18-8-11-19(12-9-18)25-23(28)14-10-17-5-3-4-6-22(17)30-2/h3-15,29H,1-2H3,(H,25,28)/b14-10-. The van der Waals surface area contributed by atoms with Gasteiger partial charge in [-0.2, -0.15) is 4.73 Å². The molecule has 1 heterocycles. The third-order valence-electron chi connectivity index (χ3n) is 4.75. The fraction of sp³-hybridized carbons (Fsp3) is 0.0833. The smallest absolute Gasteiger partial charge is 0.248 e. The summed E-state index contributed by atoms with van der Waals surface area (Å²) in [7, 11) is 1.59. The van der Waals surface area contributed by atoms with Crippen molar-refractivity contribution in [1.82, 2.24) is 9.71 Å². The summed E-state index contributed by atoms with van der Waals surface area (Å²) in [4.78, 5) is 16.7.